The molecule has 4 saturated carbocycles. The van der Waals surface area contributed by atoms with Crippen LogP contribution in [0.3, 0.4) is 0 Å². The summed E-state index contributed by atoms with van der Waals surface area (Å²) in [6.07, 6.45) is 8.18. The molecule has 106 valence electrons. The van der Waals surface area contributed by atoms with Crippen LogP contribution in [0.1, 0.15) is 54.2 Å². The summed E-state index contributed by atoms with van der Waals surface area (Å²) < 4.78 is 0. The Hall–Kier alpha value is -1.49. The van der Waals surface area contributed by atoms with Crippen LogP contribution >= 0.6 is 0 Å². The number of nitrogens with zero attached hydrogens (tertiary/aromatic N) is 2. The van der Waals surface area contributed by atoms with Crippen LogP contribution in [0.4, 0.5) is 0 Å². The predicted octanol–water partition coefficient (Wildman–Crippen LogP) is 1.23. The number of hydrogen-bond acceptors (Lipinski definition) is 4. The van der Waals surface area contributed by atoms with Crippen LogP contribution in [0.5, 0.6) is 0 Å². The van der Waals surface area contributed by atoms with E-state index in [9.17, 15) is 9.90 Å². The fraction of sp³-hybridized carbons (Fsp3) is 0.667. The molecule has 0 radical (unpaired) electrons. The lowest BCUT2D eigenvalue weighted by atomic mass is 9.50. The molecule has 5 nitrogen and oxygen atoms in total. The Bertz CT molecular complexity index is 541. The first-order chi connectivity index (χ1) is 9.54. The van der Waals surface area contributed by atoms with Gasteiger partial charge in [-0.1, -0.05) is 0 Å². The van der Waals surface area contributed by atoms with Crippen molar-refractivity contribution in [2.24, 2.45) is 23.5 Å². The molecule has 1 aromatic heterocycles. The summed E-state index contributed by atoms with van der Waals surface area (Å²) in [4.78, 5) is 19.8. The molecule has 0 aromatic carbocycles. The maximum Gasteiger partial charge on any atom is 0.251 e. The van der Waals surface area contributed by atoms with Gasteiger partial charge in [0.15, 0.2) is 0 Å². The molecule has 1 aromatic rings. The van der Waals surface area contributed by atoms with Gasteiger partial charge < -0.3 is 10.8 Å². The molecular weight excluding hydrogens is 254 g/mol. The van der Waals surface area contributed by atoms with Crippen molar-refractivity contribution in [2.75, 3.05) is 0 Å². The van der Waals surface area contributed by atoms with E-state index in [2.05, 4.69) is 9.97 Å². The monoisotopic (exact) mass is 273 g/mol. The number of carbonyl (C=O) groups is 1. The fourth-order valence-electron chi connectivity index (χ4n) is 5.04. The average Bonchev–Trinajstić information content (AvgIpc) is 2.36. The Kier molecular flexibility index (Phi) is 2.46. The molecule has 5 heteroatoms. The van der Waals surface area contributed by atoms with E-state index >= 15 is 0 Å². The van der Waals surface area contributed by atoms with E-state index in [1.807, 2.05) is 0 Å². The summed E-state index contributed by atoms with van der Waals surface area (Å²) in [5.74, 6) is 2.34. The lowest BCUT2D eigenvalue weighted by Crippen LogP contribution is -2.54. The lowest BCUT2D eigenvalue weighted by molar-refractivity contribution is -0.136. The highest BCUT2D eigenvalue weighted by atomic mass is 16.3. The maximum atomic E-state index is 11.1. The summed E-state index contributed by atoms with van der Waals surface area (Å²) in [5.41, 5.74) is 5.15. The van der Waals surface area contributed by atoms with E-state index in [0.29, 0.717) is 29.2 Å². The van der Waals surface area contributed by atoms with Gasteiger partial charge in [0.2, 0.25) is 0 Å². The van der Waals surface area contributed by atoms with Crippen molar-refractivity contribution in [1.29, 1.82) is 0 Å². The summed E-state index contributed by atoms with van der Waals surface area (Å²) >= 11 is 0. The highest BCUT2D eigenvalue weighted by Crippen LogP contribution is 2.60. The van der Waals surface area contributed by atoms with Crippen molar-refractivity contribution in [3.63, 3.8) is 0 Å². The Labute approximate surface area is 117 Å². The summed E-state index contributed by atoms with van der Waals surface area (Å²) in [6, 6.07) is 0. The Morgan fingerprint density at radius 2 is 1.80 bits per heavy atom. The van der Waals surface area contributed by atoms with Crippen LogP contribution in [0.25, 0.3) is 0 Å². The second kappa shape index (κ2) is 4.01. The minimum absolute atomic E-state index is 0.341. The number of amides is 1. The normalized spacial score (nSPS) is 41.9. The molecule has 4 fully saturated rings. The van der Waals surface area contributed by atoms with Gasteiger partial charge in [-0.3, -0.25) is 4.79 Å². The molecule has 1 heterocycles. The topological polar surface area (TPSA) is 89.1 Å². The van der Waals surface area contributed by atoms with Gasteiger partial charge in [-0.2, -0.15) is 0 Å². The van der Waals surface area contributed by atoms with Crippen LogP contribution in [0.2, 0.25) is 0 Å². The van der Waals surface area contributed by atoms with E-state index in [-0.39, 0.29) is 0 Å². The predicted molar refractivity (Wildman–Crippen MR) is 71.8 cm³/mol. The number of primary amides is 1. The second-order valence-corrected chi connectivity index (χ2v) is 6.91. The van der Waals surface area contributed by atoms with E-state index in [1.54, 1.807) is 0 Å². The second-order valence-electron chi connectivity index (χ2n) is 6.91. The van der Waals surface area contributed by atoms with Gasteiger partial charge in [0.25, 0.3) is 5.91 Å². The molecule has 4 aliphatic rings. The Balaban J connectivity index is 1.64. The summed E-state index contributed by atoms with van der Waals surface area (Å²) in [6.45, 7) is 0. The van der Waals surface area contributed by atoms with Crippen molar-refractivity contribution < 1.29 is 9.90 Å². The van der Waals surface area contributed by atoms with E-state index in [4.69, 9.17) is 5.73 Å². The molecule has 0 saturated heterocycles. The van der Waals surface area contributed by atoms with Gasteiger partial charge in [0.05, 0.1) is 11.2 Å². The first kappa shape index (κ1) is 12.3. The number of aliphatic hydroxyl groups is 1. The first-order valence-electron chi connectivity index (χ1n) is 7.38. The zero-order valence-corrected chi connectivity index (χ0v) is 11.3. The summed E-state index contributed by atoms with van der Waals surface area (Å²) in [7, 11) is 0. The van der Waals surface area contributed by atoms with Gasteiger partial charge >= 0.3 is 0 Å². The van der Waals surface area contributed by atoms with Gasteiger partial charge in [0, 0.05) is 18.3 Å². The van der Waals surface area contributed by atoms with Crippen molar-refractivity contribution in [1.82, 2.24) is 9.97 Å². The molecule has 4 aliphatic carbocycles. The van der Waals surface area contributed by atoms with Gasteiger partial charge in [-0.15, -0.1) is 0 Å². The minimum Gasteiger partial charge on any atom is -0.390 e. The number of hydrogen-bond donors (Lipinski definition) is 2. The molecule has 4 bridgehead atoms. The molecule has 1 amide bonds. The number of aromatic nitrogens is 2. The molecule has 2 atom stereocenters. The van der Waals surface area contributed by atoms with E-state index in [1.165, 1.54) is 25.2 Å². The number of nitrogens with two attached hydrogens (primary N) is 1. The van der Waals surface area contributed by atoms with Crippen molar-refractivity contribution in [3.05, 3.63) is 23.8 Å². The standard InChI is InChI=1S/C15H19N3O2/c16-13(19)11-6-17-14(18-7-11)12-9-1-8-2-10(12)5-15(20,3-8)4-9/h6-10,12,20H,1-5H2,(H2,16,19). The fourth-order valence-corrected chi connectivity index (χ4v) is 5.04. The van der Waals surface area contributed by atoms with Gasteiger partial charge in [-0.05, 0) is 49.9 Å². The third kappa shape index (κ3) is 1.76. The third-order valence-corrected chi connectivity index (χ3v) is 5.50. The van der Waals surface area contributed by atoms with Crippen molar-refractivity contribution in [2.45, 2.75) is 43.6 Å². The van der Waals surface area contributed by atoms with Crippen LogP contribution in [-0.4, -0.2) is 26.6 Å². The Morgan fingerprint density at radius 1 is 1.20 bits per heavy atom. The van der Waals surface area contributed by atoms with Gasteiger partial charge in [-0.25, -0.2) is 9.97 Å². The number of rotatable bonds is 2. The maximum absolute atomic E-state index is 11.1. The van der Waals surface area contributed by atoms with Crippen LogP contribution in [-0.2, 0) is 0 Å². The zero-order valence-electron chi connectivity index (χ0n) is 11.3. The van der Waals surface area contributed by atoms with Crippen LogP contribution < -0.4 is 5.73 Å². The van der Waals surface area contributed by atoms with Crippen LogP contribution in [0, 0.1) is 17.8 Å². The Morgan fingerprint density at radius 3 is 2.30 bits per heavy atom. The van der Waals surface area contributed by atoms with Gasteiger partial charge in [0.1, 0.15) is 5.82 Å². The summed E-state index contributed by atoms with van der Waals surface area (Å²) in [5, 5.41) is 10.6. The minimum atomic E-state index is -0.490. The van der Waals surface area contributed by atoms with E-state index < -0.39 is 11.5 Å². The highest BCUT2D eigenvalue weighted by molar-refractivity contribution is 5.92. The van der Waals surface area contributed by atoms with Crippen molar-refractivity contribution >= 4 is 5.91 Å². The molecule has 0 spiro atoms. The number of carbonyl (C=O) groups excluding carboxylic acids is 1. The first-order valence-corrected chi connectivity index (χ1v) is 7.38. The molecule has 3 N–H and O–H groups in total. The smallest absolute Gasteiger partial charge is 0.251 e. The molecular formula is C15H19N3O2. The molecule has 5 rings (SSSR count). The lowest BCUT2D eigenvalue weighted by Gasteiger charge is -2.57. The molecule has 0 aliphatic heterocycles. The SMILES string of the molecule is NC(=O)c1cnc(C2C3CC4CC2CC(O)(C4)C3)nc1. The average molecular weight is 273 g/mol. The van der Waals surface area contributed by atoms with Crippen LogP contribution in [0.15, 0.2) is 12.4 Å². The molecule has 2 unspecified atom stereocenters. The molecule has 20 heavy (non-hydrogen) atoms. The van der Waals surface area contributed by atoms with E-state index in [0.717, 1.165) is 25.1 Å². The highest BCUT2D eigenvalue weighted by Gasteiger charge is 2.55. The largest absolute Gasteiger partial charge is 0.390 e. The van der Waals surface area contributed by atoms with Crippen molar-refractivity contribution in [3.8, 4) is 0 Å². The third-order valence-electron chi connectivity index (χ3n) is 5.50. The zero-order chi connectivity index (χ0) is 13.9. The quantitative estimate of drug-likeness (QED) is 0.848.